The van der Waals surface area contributed by atoms with Gasteiger partial charge in [0, 0.05) is 18.5 Å². The molecular weight excluding hydrogens is 506 g/mol. The number of nitrogens with one attached hydrogen (secondary N) is 1. The summed E-state index contributed by atoms with van der Waals surface area (Å²) in [5.41, 5.74) is 3.85. The van der Waals surface area contributed by atoms with Crippen LogP contribution in [0, 0.1) is 0 Å². The van der Waals surface area contributed by atoms with Gasteiger partial charge in [0.05, 0.1) is 38.9 Å². The average Bonchev–Trinajstić information content (AvgIpc) is 3.31. The van der Waals surface area contributed by atoms with Gasteiger partial charge in [0.1, 0.15) is 18.2 Å². The quantitative estimate of drug-likeness (QED) is 0.227. The lowest BCUT2D eigenvalue weighted by atomic mass is 9.87. The van der Waals surface area contributed by atoms with Crippen LogP contribution in [0.25, 0.3) is 11.0 Å². The average molecular weight is 546 g/mol. The van der Waals surface area contributed by atoms with Crippen molar-refractivity contribution >= 4 is 16.9 Å². The summed E-state index contributed by atoms with van der Waals surface area (Å²) in [6, 6.07) is 19.7. The van der Waals surface area contributed by atoms with Crippen LogP contribution in [0.15, 0.2) is 60.7 Å². The molecule has 3 aromatic carbocycles. The first-order valence-corrected chi connectivity index (χ1v) is 13.5. The molecule has 1 N–H and O–H groups in total. The maximum Gasteiger partial charge on any atom is 0.251 e. The third-order valence-electron chi connectivity index (χ3n) is 6.83. The van der Waals surface area contributed by atoms with E-state index < -0.39 is 0 Å². The minimum Gasteiger partial charge on any atom is -0.493 e. The highest BCUT2D eigenvalue weighted by Crippen LogP contribution is 2.38. The number of benzene rings is 3. The number of carbonyl (C=O) groups is 1. The van der Waals surface area contributed by atoms with Crippen LogP contribution in [0.1, 0.15) is 48.9 Å². The highest BCUT2D eigenvalue weighted by molar-refractivity contribution is 5.95. The van der Waals surface area contributed by atoms with Crippen molar-refractivity contribution in [1.82, 2.24) is 14.9 Å². The number of imidazole rings is 1. The number of aryl methyl sites for hydroxylation is 1. The molecule has 1 aromatic heterocycles. The Balaban J connectivity index is 1.37. The summed E-state index contributed by atoms with van der Waals surface area (Å²) in [6.45, 7) is 8.30. The molecule has 0 unspecified atom stereocenters. The number of nitrogens with zero attached hydrogens (tertiary/aromatic N) is 2. The van der Waals surface area contributed by atoms with E-state index in [9.17, 15) is 4.79 Å². The maximum atomic E-state index is 12.9. The number of fused-ring (bicyclic) bond motifs is 1. The topological polar surface area (TPSA) is 83.8 Å². The Labute approximate surface area is 236 Å². The van der Waals surface area contributed by atoms with Gasteiger partial charge in [-0.15, -0.1) is 0 Å². The van der Waals surface area contributed by atoms with E-state index in [1.165, 1.54) is 26.9 Å². The third kappa shape index (κ3) is 6.68. The molecule has 4 aromatic rings. The molecule has 0 radical (unpaired) electrons. The van der Waals surface area contributed by atoms with Crippen molar-refractivity contribution in [3.63, 3.8) is 0 Å². The van der Waals surface area contributed by atoms with Crippen molar-refractivity contribution < 1.29 is 23.7 Å². The van der Waals surface area contributed by atoms with E-state index in [2.05, 4.69) is 48.9 Å². The molecular formula is C32H39N3O5. The Morgan fingerprint density at radius 1 is 0.925 bits per heavy atom. The number of hydrogen-bond donors (Lipinski definition) is 1. The lowest BCUT2D eigenvalue weighted by molar-refractivity contribution is 0.0952. The van der Waals surface area contributed by atoms with Gasteiger partial charge in [-0.25, -0.2) is 4.98 Å². The highest BCUT2D eigenvalue weighted by Gasteiger charge is 2.17. The van der Waals surface area contributed by atoms with E-state index in [-0.39, 0.29) is 11.3 Å². The molecule has 0 aliphatic carbocycles. The smallest absolute Gasteiger partial charge is 0.251 e. The van der Waals surface area contributed by atoms with Crippen molar-refractivity contribution in [2.45, 2.75) is 45.6 Å². The number of amides is 1. The van der Waals surface area contributed by atoms with E-state index in [0.29, 0.717) is 48.9 Å². The van der Waals surface area contributed by atoms with Gasteiger partial charge in [0.2, 0.25) is 5.75 Å². The van der Waals surface area contributed by atoms with Crippen LogP contribution in [-0.2, 0) is 18.4 Å². The van der Waals surface area contributed by atoms with E-state index in [1.54, 1.807) is 12.1 Å². The number of hydrogen-bond acceptors (Lipinski definition) is 6. The first-order chi connectivity index (χ1) is 19.2. The zero-order chi connectivity index (χ0) is 28.7. The van der Waals surface area contributed by atoms with Crippen LogP contribution in [0.2, 0.25) is 0 Å². The largest absolute Gasteiger partial charge is 0.493 e. The molecule has 8 nitrogen and oxygen atoms in total. The van der Waals surface area contributed by atoms with Gasteiger partial charge in [0.15, 0.2) is 11.5 Å². The molecule has 0 saturated heterocycles. The molecule has 0 bridgehead atoms. The summed E-state index contributed by atoms with van der Waals surface area (Å²) in [4.78, 5) is 17.7. The fraction of sp³-hybridized carbons (Fsp3) is 0.375. The van der Waals surface area contributed by atoms with Gasteiger partial charge in [-0.05, 0) is 53.8 Å². The molecule has 0 aliphatic heterocycles. The minimum atomic E-state index is -0.210. The Hall–Kier alpha value is -4.20. The molecule has 40 heavy (non-hydrogen) atoms. The molecule has 4 rings (SSSR count). The zero-order valence-corrected chi connectivity index (χ0v) is 24.2. The Bertz CT molecular complexity index is 1410. The van der Waals surface area contributed by atoms with Gasteiger partial charge in [-0.2, -0.15) is 0 Å². The lowest BCUT2D eigenvalue weighted by Crippen LogP contribution is -2.25. The summed E-state index contributed by atoms with van der Waals surface area (Å²) in [5.74, 6) is 2.94. The monoisotopic (exact) mass is 545 g/mol. The van der Waals surface area contributed by atoms with Crippen LogP contribution in [0.5, 0.6) is 23.0 Å². The van der Waals surface area contributed by atoms with Gasteiger partial charge in [0.25, 0.3) is 5.91 Å². The second kappa shape index (κ2) is 12.8. The molecule has 1 amide bonds. The Kier molecular flexibility index (Phi) is 9.19. The molecule has 212 valence electrons. The molecule has 0 atom stereocenters. The third-order valence-corrected chi connectivity index (χ3v) is 6.83. The van der Waals surface area contributed by atoms with Crippen LogP contribution < -0.4 is 24.3 Å². The lowest BCUT2D eigenvalue weighted by Gasteiger charge is -2.19. The van der Waals surface area contributed by atoms with Crippen molar-refractivity contribution in [1.29, 1.82) is 0 Å². The van der Waals surface area contributed by atoms with E-state index in [4.69, 9.17) is 23.9 Å². The summed E-state index contributed by atoms with van der Waals surface area (Å²) in [6.07, 6.45) is 1.44. The maximum absolute atomic E-state index is 12.9. The SMILES string of the molecule is COc1cc(C(=O)NCCCc2nc3ccccc3n2CCOc2ccc(C(C)(C)C)cc2)cc(OC)c1OC. The molecule has 0 saturated carbocycles. The number of rotatable bonds is 12. The molecule has 0 spiro atoms. The van der Waals surface area contributed by atoms with Gasteiger partial charge in [-0.3, -0.25) is 4.79 Å². The molecule has 1 heterocycles. The minimum absolute atomic E-state index is 0.108. The molecule has 0 fully saturated rings. The number of methoxy groups -OCH3 is 3. The Morgan fingerprint density at radius 2 is 1.60 bits per heavy atom. The van der Waals surface area contributed by atoms with E-state index in [1.807, 2.05) is 30.3 Å². The van der Waals surface area contributed by atoms with Crippen molar-refractivity contribution in [2.24, 2.45) is 0 Å². The summed E-state index contributed by atoms with van der Waals surface area (Å²) in [5, 5.41) is 2.99. The second-order valence-corrected chi connectivity index (χ2v) is 10.6. The fourth-order valence-corrected chi connectivity index (χ4v) is 4.63. The van der Waals surface area contributed by atoms with E-state index >= 15 is 0 Å². The van der Waals surface area contributed by atoms with Gasteiger partial charge >= 0.3 is 0 Å². The number of carbonyl (C=O) groups excluding carboxylic acids is 1. The fourth-order valence-electron chi connectivity index (χ4n) is 4.63. The van der Waals surface area contributed by atoms with Crippen LogP contribution in [0.4, 0.5) is 0 Å². The normalized spacial score (nSPS) is 11.3. The zero-order valence-electron chi connectivity index (χ0n) is 24.2. The van der Waals surface area contributed by atoms with Crippen LogP contribution in [0.3, 0.4) is 0 Å². The number of para-hydroxylation sites is 2. The number of aromatic nitrogens is 2. The summed E-state index contributed by atoms with van der Waals surface area (Å²) in [7, 11) is 4.58. The van der Waals surface area contributed by atoms with Gasteiger partial charge in [-0.1, -0.05) is 45.0 Å². The summed E-state index contributed by atoms with van der Waals surface area (Å²) >= 11 is 0. The summed E-state index contributed by atoms with van der Waals surface area (Å²) < 4.78 is 24.4. The second-order valence-electron chi connectivity index (χ2n) is 10.6. The van der Waals surface area contributed by atoms with Crippen molar-refractivity contribution in [3.05, 3.63) is 77.6 Å². The molecule has 8 heteroatoms. The van der Waals surface area contributed by atoms with Gasteiger partial charge < -0.3 is 28.8 Å². The predicted octanol–water partition coefficient (Wildman–Crippen LogP) is 5.80. The van der Waals surface area contributed by atoms with Crippen LogP contribution >= 0.6 is 0 Å². The Morgan fingerprint density at radius 3 is 2.23 bits per heavy atom. The van der Waals surface area contributed by atoms with Crippen molar-refractivity contribution in [2.75, 3.05) is 34.5 Å². The number of ether oxygens (including phenoxy) is 4. The molecule has 0 aliphatic rings. The van der Waals surface area contributed by atoms with Crippen molar-refractivity contribution in [3.8, 4) is 23.0 Å². The first-order valence-electron chi connectivity index (χ1n) is 13.5. The standard InChI is InChI=1S/C32H39N3O5/c1-32(2,3)23-13-15-24(16-14-23)40-19-18-35-26-11-8-7-10-25(26)34-29(35)12-9-17-33-31(36)22-20-27(37-4)30(39-6)28(21-22)38-5/h7-8,10-11,13-16,20-21H,9,12,17-19H2,1-6H3,(H,33,36). The first kappa shape index (κ1) is 28.8. The highest BCUT2D eigenvalue weighted by atomic mass is 16.5. The predicted molar refractivity (Wildman–Crippen MR) is 157 cm³/mol. The van der Waals surface area contributed by atoms with E-state index in [0.717, 1.165) is 29.0 Å². The van der Waals surface area contributed by atoms with Crippen LogP contribution in [-0.4, -0.2) is 49.9 Å².